The molecule has 35 heavy (non-hydrogen) atoms. The summed E-state index contributed by atoms with van der Waals surface area (Å²) in [7, 11) is 0. The number of rotatable bonds is 7. The third kappa shape index (κ3) is 5.37. The Morgan fingerprint density at radius 1 is 1.00 bits per heavy atom. The number of carbonyl (C=O) groups is 2. The zero-order valence-electron chi connectivity index (χ0n) is 20.5. The van der Waals surface area contributed by atoms with Crippen molar-refractivity contribution in [2.75, 3.05) is 0 Å². The van der Waals surface area contributed by atoms with Gasteiger partial charge in [-0.1, -0.05) is 18.2 Å². The maximum atomic E-state index is 13.1. The molecule has 182 valence electrons. The van der Waals surface area contributed by atoms with Crippen LogP contribution >= 0.6 is 0 Å². The van der Waals surface area contributed by atoms with Gasteiger partial charge in [-0.3, -0.25) is 0 Å². The predicted molar refractivity (Wildman–Crippen MR) is 133 cm³/mol. The monoisotopic (exact) mass is 474 g/mol. The van der Waals surface area contributed by atoms with E-state index in [-0.39, 0.29) is 12.2 Å². The van der Waals surface area contributed by atoms with Gasteiger partial charge in [0.05, 0.1) is 35.2 Å². The molecule has 1 aromatic heterocycles. The van der Waals surface area contributed by atoms with Crippen LogP contribution in [0.3, 0.4) is 0 Å². The van der Waals surface area contributed by atoms with Gasteiger partial charge in [-0.15, -0.1) is 0 Å². The summed E-state index contributed by atoms with van der Waals surface area (Å²) < 4.78 is 13.0. The van der Waals surface area contributed by atoms with Crippen LogP contribution in [0.15, 0.2) is 72.1 Å². The van der Waals surface area contributed by atoms with E-state index < -0.39 is 18.0 Å². The number of benzene rings is 2. The molecule has 0 saturated heterocycles. The Morgan fingerprint density at radius 3 is 2.31 bits per heavy atom. The van der Waals surface area contributed by atoms with E-state index >= 15 is 0 Å². The first-order chi connectivity index (χ1) is 16.7. The molecule has 0 bridgehead atoms. The molecule has 0 unspecified atom stereocenters. The zero-order valence-corrected chi connectivity index (χ0v) is 20.5. The van der Waals surface area contributed by atoms with Gasteiger partial charge in [-0.25, -0.2) is 14.3 Å². The lowest BCUT2D eigenvalue weighted by Crippen LogP contribution is -2.45. The number of amides is 2. The van der Waals surface area contributed by atoms with Gasteiger partial charge in [0.25, 0.3) is 0 Å². The molecule has 0 radical (unpaired) electrons. The van der Waals surface area contributed by atoms with E-state index in [0.717, 1.165) is 17.0 Å². The predicted octanol–water partition coefficient (Wildman–Crippen LogP) is 4.91. The molecule has 1 atom stereocenters. The standard InChI is InChI=1S/C27H30N4O4/c1-16(2)34-21-13-11-19(12-14-21)24-22(15-31(30-24)20-9-7-6-8-10-20)25-23(26(32)35-17(3)4)18(5)28-27(33)29-25/h6-17,25H,1-5H3,(H2,28,29,33)/t25-/m0/s1. The van der Waals surface area contributed by atoms with Gasteiger partial charge < -0.3 is 20.1 Å². The van der Waals surface area contributed by atoms with Crippen molar-refractivity contribution in [2.24, 2.45) is 0 Å². The highest BCUT2D eigenvalue weighted by atomic mass is 16.5. The number of allylic oxidation sites excluding steroid dienone is 1. The minimum Gasteiger partial charge on any atom is -0.491 e. The molecule has 8 heteroatoms. The minimum absolute atomic E-state index is 0.0568. The van der Waals surface area contributed by atoms with E-state index in [2.05, 4.69) is 10.6 Å². The molecule has 8 nitrogen and oxygen atoms in total. The van der Waals surface area contributed by atoms with Crippen LogP contribution in [0.2, 0.25) is 0 Å². The maximum absolute atomic E-state index is 13.1. The second-order valence-corrected chi connectivity index (χ2v) is 8.93. The second-order valence-electron chi connectivity index (χ2n) is 8.93. The Bertz CT molecular complexity index is 1240. The lowest BCUT2D eigenvalue weighted by atomic mass is 9.93. The molecule has 0 aliphatic carbocycles. The highest BCUT2D eigenvalue weighted by Gasteiger charge is 2.35. The molecular formula is C27H30N4O4. The average molecular weight is 475 g/mol. The number of urea groups is 1. The fraction of sp³-hybridized carbons (Fsp3) is 0.296. The van der Waals surface area contributed by atoms with E-state index in [1.165, 1.54) is 0 Å². The van der Waals surface area contributed by atoms with Crippen LogP contribution in [-0.2, 0) is 9.53 Å². The van der Waals surface area contributed by atoms with Crippen molar-refractivity contribution in [3.8, 4) is 22.7 Å². The van der Waals surface area contributed by atoms with Gasteiger partial charge in [0.1, 0.15) is 5.75 Å². The van der Waals surface area contributed by atoms with Crippen molar-refractivity contribution < 1.29 is 19.1 Å². The van der Waals surface area contributed by atoms with Crippen molar-refractivity contribution in [1.29, 1.82) is 0 Å². The summed E-state index contributed by atoms with van der Waals surface area (Å²) in [5, 5.41) is 10.4. The van der Waals surface area contributed by atoms with Crippen LogP contribution in [0.25, 0.3) is 16.9 Å². The fourth-order valence-corrected chi connectivity index (χ4v) is 3.97. The van der Waals surface area contributed by atoms with E-state index in [1.54, 1.807) is 25.5 Å². The summed E-state index contributed by atoms with van der Waals surface area (Å²) in [5.74, 6) is 0.258. The summed E-state index contributed by atoms with van der Waals surface area (Å²) in [6.07, 6.45) is 1.59. The van der Waals surface area contributed by atoms with Crippen molar-refractivity contribution in [3.05, 3.63) is 77.6 Å². The van der Waals surface area contributed by atoms with Crippen LogP contribution in [0.4, 0.5) is 4.79 Å². The first-order valence-electron chi connectivity index (χ1n) is 11.6. The molecule has 0 saturated carbocycles. The van der Waals surface area contributed by atoms with Gasteiger partial charge in [0.15, 0.2) is 0 Å². The fourth-order valence-electron chi connectivity index (χ4n) is 3.97. The molecule has 1 aliphatic rings. The van der Waals surface area contributed by atoms with Gasteiger partial charge in [0, 0.05) is 23.0 Å². The molecular weight excluding hydrogens is 444 g/mol. The van der Waals surface area contributed by atoms with Crippen molar-refractivity contribution >= 4 is 12.0 Å². The first kappa shape index (κ1) is 24.1. The van der Waals surface area contributed by atoms with Crippen LogP contribution in [-0.4, -0.2) is 34.0 Å². The number of ether oxygens (including phenoxy) is 2. The number of hydrogen-bond donors (Lipinski definition) is 2. The second kappa shape index (κ2) is 10.0. The Hall–Kier alpha value is -4.07. The number of esters is 1. The van der Waals surface area contributed by atoms with E-state index in [9.17, 15) is 9.59 Å². The van der Waals surface area contributed by atoms with E-state index in [0.29, 0.717) is 22.5 Å². The topological polar surface area (TPSA) is 94.5 Å². The van der Waals surface area contributed by atoms with Crippen molar-refractivity contribution in [3.63, 3.8) is 0 Å². The van der Waals surface area contributed by atoms with Crippen molar-refractivity contribution in [2.45, 2.75) is 52.9 Å². The number of nitrogens with one attached hydrogen (secondary N) is 2. The molecule has 1 aliphatic heterocycles. The minimum atomic E-state index is -0.742. The zero-order chi connectivity index (χ0) is 25.1. The molecule has 2 amide bonds. The molecule has 2 aromatic carbocycles. The molecule has 2 N–H and O–H groups in total. The largest absolute Gasteiger partial charge is 0.491 e. The summed E-state index contributed by atoms with van der Waals surface area (Å²) in [6, 6.07) is 16.1. The number of aromatic nitrogens is 2. The van der Waals surface area contributed by atoms with Gasteiger partial charge >= 0.3 is 12.0 Å². The van der Waals surface area contributed by atoms with Crippen LogP contribution in [0.1, 0.15) is 46.2 Å². The third-order valence-corrected chi connectivity index (χ3v) is 5.41. The highest BCUT2D eigenvalue weighted by molar-refractivity contribution is 5.95. The summed E-state index contributed by atoms with van der Waals surface area (Å²) >= 11 is 0. The van der Waals surface area contributed by atoms with Crippen LogP contribution in [0.5, 0.6) is 5.75 Å². The van der Waals surface area contributed by atoms with Crippen molar-refractivity contribution in [1.82, 2.24) is 20.4 Å². The molecule has 2 heterocycles. The number of hydrogen-bond acceptors (Lipinski definition) is 5. The smallest absolute Gasteiger partial charge is 0.338 e. The SMILES string of the molecule is CC1=C(C(=O)OC(C)C)[C@H](c2cn(-c3ccccc3)nc2-c2ccc(OC(C)C)cc2)NC(=O)N1. The average Bonchev–Trinajstić information content (AvgIpc) is 3.24. The first-order valence-corrected chi connectivity index (χ1v) is 11.6. The summed E-state index contributed by atoms with van der Waals surface area (Å²) in [6.45, 7) is 9.22. The molecule has 4 rings (SSSR count). The molecule has 3 aromatic rings. The number of nitrogens with zero attached hydrogens (tertiary/aromatic N) is 2. The Kier molecular flexibility index (Phi) is 6.91. The highest BCUT2D eigenvalue weighted by Crippen LogP contribution is 2.35. The van der Waals surface area contributed by atoms with Crippen LogP contribution in [0, 0.1) is 0 Å². The lowest BCUT2D eigenvalue weighted by molar-refractivity contribution is -0.143. The third-order valence-electron chi connectivity index (χ3n) is 5.41. The van der Waals surface area contributed by atoms with Gasteiger partial charge in [-0.05, 0) is 71.0 Å². The van der Waals surface area contributed by atoms with Gasteiger partial charge in [-0.2, -0.15) is 5.10 Å². The Morgan fingerprint density at radius 2 is 1.69 bits per heavy atom. The normalized spacial score (nSPS) is 15.7. The Labute approximate surface area is 204 Å². The molecule has 0 fully saturated rings. The number of carbonyl (C=O) groups excluding carboxylic acids is 2. The Balaban J connectivity index is 1.84. The quantitative estimate of drug-likeness (QED) is 0.475. The maximum Gasteiger partial charge on any atom is 0.338 e. The lowest BCUT2D eigenvalue weighted by Gasteiger charge is -2.28. The summed E-state index contributed by atoms with van der Waals surface area (Å²) in [4.78, 5) is 25.5. The van der Waals surface area contributed by atoms with Crippen LogP contribution < -0.4 is 15.4 Å². The van der Waals surface area contributed by atoms with E-state index in [1.807, 2.05) is 74.6 Å². The van der Waals surface area contributed by atoms with E-state index in [4.69, 9.17) is 14.6 Å². The molecule has 0 spiro atoms. The van der Waals surface area contributed by atoms with Gasteiger partial charge in [0.2, 0.25) is 0 Å². The number of para-hydroxylation sites is 1. The summed E-state index contributed by atoms with van der Waals surface area (Å²) in [5.41, 5.74) is 3.78.